The number of hydrogen-bond donors (Lipinski definition) is 2. The summed E-state index contributed by atoms with van der Waals surface area (Å²) in [4.78, 5) is 24.3. The zero-order chi connectivity index (χ0) is 19.4. The first kappa shape index (κ1) is 19.9. The lowest BCUT2D eigenvalue weighted by molar-refractivity contribution is 0.0601. The van der Waals surface area contributed by atoms with Gasteiger partial charge in [-0.1, -0.05) is 0 Å². The fraction of sp³-hybridized carbons (Fsp3) is 0.375. The molecule has 0 saturated carbocycles. The van der Waals surface area contributed by atoms with Crippen LogP contribution in [0.5, 0.6) is 0 Å². The van der Waals surface area contributed by atoms with Gasteiger partial charge >= 0.3 is 11.9 Å². The summed E-state index contributed by atoms with van der Waals surface area (Å²) in [6.45, 7) is 4.04. The van der Waals surface area contributed by atoms with Crippen molar-refractivity contribution in [2.75, 3.05) is 19.5 Å². The molecular formula is C16H20N4O4S2. The second-order valence-electron chi connectivity index (χ2n) is 5.45. The van der Waals surface area contributed by atoms with Crippen molar-refractivity contribution >= 4 is 45.6 Å². The van der Waals surface area contributed by atoms with Crippen LogP contribution in [0.3, 0.4) is 0 Å². The summed E-state index contributed by atoms with van der Waals surface area (Å²) >= 11 is 6.37. The standard InChI is InChI=1S/C16H20N4O4S2/c1-8-6-10(19-20(8)3)7-17-16(25)18-13-11(14(21)23-4)9(2)12(26-13)15(22)24-5/h6H,7H2,1-5H3,(H2,17,18,25). The van der Waals surface area contributed by atoms with E-state index >= 15 is 0 Å². The Bertz CT molecular complexity index is 837. The van der Waals surface area contributed by atoms with Crippen LogP contribution in [0, 0.1) is 13.8 Å². The smallest absolute Gasteiger partial charge is 0.348 e. The number of aryl methyl sites for hydroxylation is 2. The summed E-state index contributed by atoms with van der Waals surface area (Å²) in [5.74, 6) is -1.08. The van der Waals surface area contributed by atoms with Crippen molar-refractivity contribution in [2.45, 2.75) is 20.4 Å². The van der Waals surface area contributed by atoms with Gasteiger partial charge in [0.1, 0.15) is 9.88 Å². The highest BCUT2D eigenvalue weighted by molar-refractivity contribution is 7.80. The summed E-state index contributed by atoms with van der Waals surface area (Å²) in [6.07, 6.45) is 0. The molecule has 0 fully saturated rings. The molecule has 10 heteroatoms. The summed E-state index contributed by atoms with van der Waals surface area (Å²) < 4.78 is 11.3. The van der Waals surface area contributed by atoms with Gasteiger partial charge in [-0.15, -0.1) is 11.3 Å². The lowest BCUT2D eigenvalue weighted by atomic mass is 10.1. The molecule has 0 atom stereocenters. The van der Waals surface area contributed by atoms with Crippen molar-refractivity contribution < 1.29 is 19.1 Å². The number of hydrogen-bond acceptors (Lipinski definition) is 7. The van der Waals surface area contributed by atoms with Gasteiger partial charge in [-0.3, -0.25) is 4.68 Å². The molecule has 140 valence electrons. The average Bonchev–Trinajstić information content (AvgIpc) is 3.11. The Labute approximate surface area is 160 Å². The van der Waals surface area contributed by atoms with E-state index in [-0.39, 0.29) is 5.56 Å². The molecule has 2 rings (SSSR count). The van der Waals surface area contributed by atoms with Crippen molar-refractivity contribution in [2.24, 2.45) is 7.05 Å². The largest absolute Gasteiger partial charge is 0.465 e. The van der Waals surface area contributed by atoms with E-state index in [1.165, 1.54) is 14.2 Å². The maximum atomic E-state index is 12.1. The van der Waals surface area contributed by atoms with Gasteiger partial charge in [0.2, 0.25) is 0 Å². The first-order chi connectivity index (χ1) is 12.3. The van der Waals surface area contributed by atoms with Crippen molar-refractivity contribution in [1.29, 1.82) is 0 Å². The van der Waals surface area contributed by atoms with Crippen LogP contribution in [0.1, 0.15) is 37.0 Å². The quantitative estimate of drug-likeness (QED) is 0.587. The van der Waals surface area contributed by atoms with Crippen LogP contribution in [0.4, 0.5) is 5.00 Å². The highest BCUT2D eigenvalue weighted by atomic mass is 32.1. The first-order valence-electron chi connectivity index (χ1n) is 7.62. The topological polar surface area (TPSA) is 94.5 Å². The minimum absolute atomic E-state index is 0.260. The predicted molar refractivity (Wildman–Crippen MR) is 103 cm³/mol. The Balaban J connectivity index is 2.17. The minimum Gasteiger partial charge on any atom is -0.465 e. The number of aromatic nitrogens is 2. The van der Waals surface area contributed by atoms with Crippen LogP contribution < -0.4 is 10.6 Å². The second-order valence-corrected chi connectivity index (χ2v) is 6.88. The fourth-order valence-electron chi connectivity index (χ4n) is 2.28. The van der Waals surface area contributed by atoms with Crippen LogP contribution in [-0.2, 0) is 23.1 Å². The molecule has 0 aliphatic carbocycles. The Morgan fingerprint density at radius 2 is 1.92 bits per heavy atom. The molecule has 2 heterocycles. The maximum Gasteiger partial charge on any atom is 0.348 e. The van der Waals surface area contributed by atoms with Crippen LogP contribution in [0.15, 0.2) is 6.07 Å². The summed E-state index contributed by atoms with van der Waals surface area (Å²) in [7, 11) is 4.43. The fourth-order valence-corrected chi connectivity index (χ4v) is 3.63. The molecule has 0 aromatic carbocycles. The molecule has 0 radical (unpaired) electrons. The molecule has 2 N–H and O–H groups in total. The number of ether oxygens (including phenoxy) is 2. The van der Waals surface area contributed by atoms with Crippen LogP contribution in [0.2, 0.25) is 0 Å². The van der Waals surface area contributed by atoms with Gasteiger partial charge < -0.3 is 20.1 Å². The molecule has 0 aliphatic heterocycles. The molecule has 26 heavy (non-hydrogen) atoms. The Hall–Kier alpha value is -2.46. The third-order valence-corrected chi connectivity index (χ3v) is 5.16. The summed E-state index contributed by atoms with van der Waals surface area (Å²) in [5.41, 5.74) is 2.61. The average molecular weight is 396 g/mol. The second kappa shape index (κ2) is 8.28. The molecular weight excluding hydrogens is 376 g/mol. The molecule has 0 saturated heterocycles. The number of thiocarbonyl (C=S) groups is 1. The number of nitrogens with one attached hydrogen (secondary N) is 2. The molecule has 2 aromatic rings. The van der Waals surface area contributed by atoms with Crippen molar-refractivity contribution in [3.8, 4) is 0 Å². The van der Waals surface area contributed by atoms with Gasteiger partial charge in [0.05, 0.1) is 32.0 Å². The third-order valence-electron chi connectivity index (χ3n) is 3.73. The van der Waals surface area contributed by atoms with E-state index in [0.29, 0.717) is 27.1 Å². The zero-order valence-electron chi connectivity index (χ0n) is 15.1. The van der Waals surface area contributed by atoms with Gasteiger partial charge in [0, 0.05) is 12.7 Å². The van der Waals surface area contributed by atoms with E-state index in [1.807, 2.05) is 20.0 Å². The van der Waals surface area contributed by atoms with Crippen molar-refractivity contribution in [3.05, 3.63) is 33.5 Å². The molecule has 0 unspecified atom stereocenters. The minimum atomic E-state index is -0.556. The van der Waals surface area contributed by atoms with Crippen LogP contribution in [-0.4, -0.2) is 41.1 Å². The number of carbonyl (C=O) groups excluding carboxylic acids is 2. The Kier molecular flexibility index (Phi) is 6.32. The van der Waals surface area contributed by atoms with E-state index in [9.17, 15) is 9.59 Å². The highest BCUT2D eigenvalue weighted by Gasteiger charge is 2.26. The molecule has 0 bridgehead atoms. The molecule has 0 aliphatic rings. The van der Waals surface area contributed by atoms with Gasteiger partial charge in [-0.2, -0.15) is 5.10 Å². The number of rotatable bonds is 5. The van der Waals surface area contributed by atoms with Crippen LogP contribution in [0.25, 0.3) is 0 Å². The third kappa shape index (κ3) is 4.20. The molecule has 8 nitrogen and oxygen atoms in total. The van der Waals surface area contributed by atoms with E-state index in [4.69, 9.17) is 21.7 Å². The molecule has 2 aromatic heterocycles. The normalized spacial score (nSPS) is 10.3. The Morgan fingerprint density at radius 1 is 1.27 bits per heavy atom. The van der Waals surface area contributed by atoms with Gasteiger partial charge in [-0.25, -0.2) is 9.59 Å². The van der Waals surface area contributed by atoms with E-state index in [2.05, 4.69) is 15.7 Å². The monoisotopic (exact) mass is 396 g/mol. The van der Waals surface area contributed by atoms with Gasteiger partial charge in [-0.05, 0) is 37.7 Å². The number of thiophene rings is 1. The van der Waals surface area contributed by atoms with Crippen molar-refractivity contribution in [1.82, 2.24) is 15.1 Å². The highest BCUT2D eigenvalue weighted by Crippen LogP contribution is 2.34. The van der Waals surface area contributed by atoms with Crippen LogP contribution >= 0.6 is 23.6 Å². The lowest BCUT2D eigenvalue weighted by Gasteiger charge is -2.09. The van der Waals surface area contributed by atoms with E-state index in [1.54, 1.807) is 11.6 Å². The van der Waals surface area contributed by atoms with E-state index in [0.717, 1.165) is 22.7 Å². The predicted octanol–water partition coefficient (Wildman–Crippen LogP) is 2.16. The SMILES string of the molecule is COC(=O)c1sc(NC(=S)NCc2cc(C)n(C)n2)c(C(=O)OC)c1C. The summed E-state index contributed by atoms with van der Waals surface area (Å²) in [6, 6.07) is 1.94. The number of carbonyl (C=O) groups is 2. The maximum absolute atomic E-state index is 12.1. The zero-order valence-corrected chi connectivity index (χ0v) is 16.8. The number of anilines is 1. The lowest BCUT2D eigenvalue weighted by Crippen LogP contribution is -2.28. The number of methoxy groups -OCH3 is 2. The molecule has 0 spiro atoms. The van der Waals surface area contributed by atoms with Gasteiger partial charge in [0.15, 0.2) is 5.11 Å². The van der Waals surface area contributed by atoms with E-state index < -0.39 is 11.9 Å². The van der Waals surface area contributed by atoms with Gasteiger partial charge in [0.25, 0.3) is 0 Å². The Morgan fingerprint density at radius 3 is 2.46 bits per heavy atom. The van der Waals surface area contributed by atoms with Crippen molar-refractivity contribution in [3.63, 3.8) is 0 Å². The summed E-state index contributed by atoms with van der Waals surface area (Å²) in [5, 5.41) is 11.0. The number of esters is 2. The number of nitrogens with zero attached hydrogens (tertiary/aromatic N) is 2. The molecule has 0 amide bonds. The first-order valence-corrected chi connectivity index (χ1v) is 8.85.